The fraction of sp³-hybridized carbons (Fsp3) is 0.167. The number of hydrogen-bond acceptors (Lipinski definition) is 2. The zero-order valence-electron chi connectivity index (χ0n) is 9.01. The highest BCUT2D eigenvalue weighted by Gasteiger charge is 2.18. The maximum absolute atomic E-state index is 6.21. The highest BCUT2D eigenvalue weighted by molar-refractivity contribution is 9.11. The van der Waals surface area contributed by atoms with Crippen molar-refractivity contribution < 1.29 is 0 Å². The molecule has 1 nitrogen and oxygen atoms in total. The summed E-state index contributed by atoms with van der Waals surface area (Å²) < 4.78 is 0.946. The molecule has 0 bridgehead atoms. The van der Waals surface area contributed by atoms with Crippen LogP contribution in [0.4, 0.5) is 0 Å². The van der Waals surface area contributed by atoms with Crippen LogP contribution in [0.3, 0.4) is 0 Å². The van der Waals surface area contributed by atoms with Crippen molar-refractivity contribution >= 4 is 50.5 Å². The van der Waals surface area contributed by atoms with Crippen molar-refractivity contribution in [1.29, 1.82) is 0 Å². The van der Waals surface area contributed by atoms with Gasteiger partial charge in [0.05, 0.1) is 14.9 Å². The molecule has 0 saturated carbocycles. The average Bonchev–Trinajstić information content (AvgIpc) is 2.63. The third-order valence-corrected chi connectivity index (χ3v) is 5.34. The van der Waals surface area contributed by atoms with Crippen LogP contribution in [0.2, 0.25) is 10.0 Å². The molecule has 1 heterocycles. The van der Waals surface area contributed by atoms with E-state index in [0.717, 1.165) is 24.3 Å². The number of halogens is 3. The van der Waals surface area contributed by atoms with Gasteiger partial charge >= 0.3 is 0 Å². The molecule has 1 unspecified atom stereocenters. The third-order valence-electron chi connectivity index (χ3n) is 2.45. The van der Waals surface area contributed by atoms with Gasteiger partial charge in [0.15, 0.2) is 0 Å². The number of rotatable bonds is 3. The van der Waals surface area contributed by atoms with Gasteiger partial charge in [0.1, 0.15) is 0 Å². The molecule has 0 aliphatic carbocycles. The van der Waals surface area contributed by atoms with Gasteiger partial charge in [-0.3, -0.25) is 0 Å². The lowest BCUT2D eigenvalue weighted by atomic mass is 10.1. The summed E-state index contributed by atoms with van der Waals surface area (Å²) in [6, 6.07) is 9.85. The van der Waals surface area contributed by atoms with Crippen LogP contribution < -0.4 is 5.32 Å². The Hall–Kier alpha value is -0.0600. The summed E-state index contributed by atoms with van der Waals surface area (Å²) in [6.45, 7) is 0. The normalized spacial score (nSPS) is 12.7. The van der Waals surface area contributed by atoms with Crippen molar-refractivity contribution in [3.05, 3.63) is 54.6 Å². The summed E-state index contributed by atoms with van der Waals surface area (Å²) in [4.78, 5) is 1.14. The predicted molar refractivity (Wildman–Crippen MR) is 79.4 cm³/mol. The van der Waals surface area contributed by atoms with Crippen molar-refractivity contribution in [2.45, 2.75) is 6.04 Å². The molecule has 90 valence electrons. The Morgan fingerprint density at radius 2 is 1.94 bits per heavy atom. The molecule has 2 rings (SSSR count). The second-order valence-electron chi connectivity index (χ2n) is 3.51. The Morgan fingerprint density at radius 1 is 1.24 bits per heavy atom. The lowest BCUT2D eigenvalue weighted by Gasteiger charge is -2.16. The number of nitrogens with one attached hydrogen (secondary N) is 1. The van der Waals surface area contributed by atoms with Crippen LogP contribution >= 0.6 is 50.5 Å². The molecule has 1 aromatic carbocycles. The van der Waals surface area contributed by atoms with Gasteiger partial charge in [0.25, 0.3) is 0 Å². The van der Waals surface area contributed by atoms with Crippen molar-refractivity contribution in [2.24, 2.45) is 0 Å². The third kappa shape index (κ3) is 2.85. The van der Waals surface area contributed by atoms with E-state index < -0.39 is 0 Å². The Labute approximate surface area is 123 Å². The van der Waals surface area contributed by atoms with Crippen molar-refractivity contribution in [2.75, 3.05) is 7.05 Å². The van der Waals surface area contributed by atoms with E-state index >= 15 is 0 Å². The fourth-order valence-electron chi connectivity index (χ4n) is 1.67. The van der Waals surface area contributed by atoms with Gasteiger partial charge < -0.3 is 5.32 Å². The number of thiophene rings is 1. The van der Waals surface area contributed by atoms with Crippen LogP contribution in [0, 0.1) is 0 Å². The van der Waals surface area contributed by atoms with E-state index in [1.807, 2.05) is 37.4 Å². The van der Waals surface area contributed by atoms with Gasteiger partial charge in [-0.25, -0.2) is 0 Å². The molecule has 0 aliphatic heterocycles. The maximum Gasteiger partial charge on any atom is 0.0888 e. The van der Waals surface area contributed by atoms with Gasteiger partial charge in [-0.15, -0.1) is 11.3 Å². The molecular weight excluding hydrogens is 341 g/mol. The van der Waals surface area contributed by atoms with Gasteiger partial charge in [-0.2, -0.15) is 0 Å². The first-order valence-corrected chi connectivity index (χ1v) is 7.36. The van der Waals surface area contributed by atoms with Gasteiger partial charge in [-0.05, 0) is 40.7 Å². The van der Waals surface area contributed by atoms with Gasteiger partial charge in [0, 0.05) is 9.90 Å². The van der Waals surface area contributed by atoms with Gasteiger partial charge in [-0.1, -0.05) is 41.4 Å². The molecule has 0 amide bonds. The lowest BCUT2D eigenvalue weighted by molar-refractivity contribution is 0.704. The first-order chi connectivity index (χ1) is 8.13. The Balaban J connectivity index is 2.44. The number of benzene rings is 1. The predicted octanol–water partition coefficient (Wildman–Crippen LogP) is 5.13. The summed E-state index contributed by atoms with van der Waals surface area (Å²) >= 11 is 17.3. The van der Waals surface area contributed by atoms with Crippen molar-refractivity contribution in [3.63, 3.8) is 0 Å². The Bertz CT molecular complexity index is 507. The molecule has 1 aromatic heterocycles. The van der Waals surface area contributed by atoms with Crippen LogP contribution in [0.5, 0.6) is 0 Å². The Morgan fingerprint density at radius 3 is 2.47 bits per heavy atom. The molecule has 0 radical (unpaired) electrons. The first kappa shape index (κ1) is 13.4. The topological polar surface area (TPSA) is 12.0 Å². The molecule has 0 spiro atoms. The summed E-state index contributed by atoms with van der Waals surface area (Å²) in [5, 5.41) is 4.75. The second-order valence-corrected chi connectivity index (χ2v) is 6.73. The minimum Gasteiger partial charge on any atom is -0.309 e. The van der Waals surface area contributed by atoms with E-state index in [2.05, 4.69) is 21.2 Å². The van der Waals surface area contributed by atoms with E-state index in [4.69, 9.17) is 23.2 Å². The van der Waals surface area contributed by atoms with E-state index in [-0.39, 0.29) is 6.04 Å². The maximum atomic E-state index is 6.21. The largest absolute Gasteiger partial charge is 0.309 e. The first-order valence-electron chi connectivity index (χ1n) is 5.00. The minimum atomic E-state index is 0.0671. The highest BCUT2D eigenvalue weighted by Crippen LogP contribution is 2.38. The summed E-state index contributed by atoms with van der Waals surface area (Å²) in [5.41, 5.74) is 1.06. The smallest absolute Gasteiger partial charge is 0.0888 e. The van der Waals surface area contributed by atoms with E-state index in [1.165, 1.54) is 0 Å². The van der Waals surface area contributed by atoms with Gasteiger partial charge in [0.2, 0.25) is 0 Å². The minimum absolute atomic E-state index is 0.0671. The van der Waals surface area contributed by atoms with Crippen LogP contribution in [-0.4, -0.2) is 7.05 Å². The van der Waals surface area contributed by atoms with E-state index in [0.29, 0.717) is 0 Å². The molecule has 0 fully saturated rings. The van der Waals surface area contributed by atoms with Crippen molar-refractivity contribution in [3.8, 4) is 0 Å². The van der Waals surface area contributed by atoms with E-state index in [9.17, 15) is 0 Å². The second kappa shape index (κ2) is 5.72. The van der Waals surface area contributed by atoms with Crippen molar-refractivity contribution in [1.82, 2.24) is 5.32 Å². The molecule has 0 aliphatic rings. The lowest BCUT2D eigenvalue weighted by Crippen LogP contribution is -2.16. The molecular formula is C12H10BrCl2NS. The average molecular weight is 351 g/mol. The quantitative estimate of drug-likeness (QED) is 0.809. The SMILES string of the molecule is CNC(c1cc(Cl)c(Br)s1)c1ccccc1Cl. The standard InChI is InChI=1S/C12H10BrCl2NS/c1-16-11(7-4-2-3-5-8(7)14)10-6-9(15)12(13)17-10/h2-6,11,16H,1H3. The number of hydrogen-bond donors (Lipinski definition) is 1. The van der Waals surface area contributed by atoms with Crippen LogP contribution in [-0.2, 0) is 0 Å². The zero-order chi connectivity index (χ0) is 12.4. The van der Waals surface area contributed by atoms with Crippen LogP contribution in [0.15, 0.2) is 34.1 Å². The molecule has 17 heavy (non-hydrogen) atoms. The zero-order valence-corrected chi connectivity index (χ0v) is 12.9. The molecule has 2 aromatic rings. The summed E-state index contributed by atoms with van der Waals surface area (Å²) in [5.74, 6) is 0. The fourth-order valence-corrected chi connectivity index (χ4v) is 3.79. The van der Waals surface area contributed by atoms with E-state index in [1.54, 1.807) is 11.3 Å². The Kier molecular flexibility index (Phi) is 4.50. The molecule has 1 N–H and O–H groups in total. The highest BCUT2D eigenvalue weighted by atomic mass is 79.9. The molecule has 5 heteroatoms. The summed E-state index contributed by atoms with van der Waals surface area (Å²) in [7, 11) is 1.91. The van der Waals surface area contributed by atoms with Crippen LogP contribution in [0.1, 0.15) is 16.5 Å². The molecule has 0 saturated heterocycles. The molecule has 1 atom stereocenters. The monoisotopic (exact) mass is 349 g/mol. The summed E-state index contributed by atoms with van der Waals surface area (Å²) in [6.07, 6.45) is 0. The van der Waals surface area contributed by atoms with Crippen LogP contribution in [0.25, 0.3) is 0 Å².